The molecule has 5 heteroatoms. The Morgan fingerprint density at radius 1 is 1.23 bits per heavy atom. The number of carbonyl (C=O) groups is 1. The lowest BCUT2D eigenvalue weighted by atomic mass is 9.89. The van der Waals surface area contributed by atoms with Gasteiger partial charge in [0.05, 0.1) is 5.69 Å². The largest absolute Gasteiger partial charge is 0.390 e. The Labute approximate surface area is 181 Å². The van der Waals surface area contributed by atoms with Crippen molar-refractivity contribution in [2.24, 2.45) is 5.92 Å². The minimum Gasteiger partial charge on any atom is -0.390 e. The van der Waals surface area contributed by atoms with Gasteiger partial charge in [0, 0.05) is 35.9 Å². The van der Waals surface area contributed by atoms with E-state index in [1.54, 1.807) is 12.1 Å². The Morgan fingerprint density at radius 2 is 1.97 bits per heavy atom. The van der Waals surface area contributed by atoms with Crippen LogP contribution in [0.4, 0.5) is 17.1 Å². The molecule has 4 N–H and O–H groups in total. The van der Waals surface area contributed by atoms with E-state index >= 15 is 0 Å². The number of hydrogen-bond donors (Lipinski definition) is 3. The fraction of sp³-hybridized carbons (Fsp3) is 0.480. The van der Waals surface area contributed by atoms with Gasteiger partial charge < -0.3 is 16.4 Å². The van der Waals surface area contributed by atoms with E-state index in [1.807, 2.05) is 24.3 Å². The summed E-state index contributed by atoms with van der Waals surface area (Å²) in [6, 6.07) is 18.2. The van der Waals surface area contributed by atoms with Crippen molar-refractivity contribution in [2.45, 2.75) is 65.1 Å². The van der Waals surface area contributed by atoms with Crippen LogP contribution in [-0.4, -0.2) is 35.5 Å². The molecule has 0 aliphatic carbocycles. The number of nitrogens with one attached hydrogen (secondary N) is 2. The fourth-order valence-corrected chi connectivity index (χ4v) is 4.40. The Balaban J connectivity index is 1.60. The second kappa shape index (κ2) is 9.86. The summed E-state index contributed by atoms with van der Waals surface area (Å²) in [5.74, 6) is 0.501. The zero-order valence-electron chi connectivity index (χ0n) is 18.5. The van der Waals surface area contributed by atoms with Gasteiger partial charge in [0.15, 0.2) is 0 Å². The molecule has 0 spiro atoms. The molecule has 30 heavy (non-hydrogen) atoms. The third-order valence-electron chi connectivity index (χ3n) is 5.86. The van der Waals surface area contributed by atoms with Crippen LogP contribution < -0.4 is 16.4 Å². The van der Waals surface area contributed by atoms with Gasteiger partial charge in [-0.25, -0.2) is 0 Å². The van der Waals surface area contributed by atoms with Crippen molar-refractivity contribution in [1.82, 2.24) is 4.90 Å². The van der Waals surface area contributed by atoms with Crippen molar-refractivity contribution in [3.8, 4) is 0 Å². The summed E-state index contributed by atoms with van der Waals surface area (Å²) >= 11 is 0. The Morgan fingerprint density at radius 3 is 2.60 bits per heavy atom. The molecule has 5 nitrogen and oxygen atoms in total. The van der Waals surface area contributed by atoms with E-state index in [2.05, 4.69) is 55.4 Å². The highest BCUT2D eigenvalue weighted by Crippen LogP contribution is 2.28. The van der Waals surface area contributed by atoms with Crippen LogP contribution in [0.15, 0.2) is 36.4 Å². The fourth-order valence-electron chi connectivity index (χ4n) is 4.40. The van der Waals surface area contributed by atoms with Gasteiger partial charge in [0.2, 0.25) is 0 Å². The second-order valence-electron chi connectivity index (χ2n) is 8.78. The van der Waals surface area contributed by atoms with Gasteiger partial charge in [-0.15, -0.1) is 0 Å². The molecule has 1 aliphatic heterocycles. The smallest absolute Gasteiger partial charge is 0.255 e. The van der Waals surface area contributed by atoms with Crippen molar-refractivity contribution in [3.63, 3.8) is 0 Å². The highest BCUT2D eigenvalue weighted by molar-refractivity contribution is 6.05. The minimum absolute atomic E-state index is 0.186. The molecule has 3 unspecified atom stereocenters. The number of rotatable bonds is 7. The number of piperidine rings is 1. The van der Waals surface area contributed by atoms with Gasteiger partial charge in [0.1, 0.15) is 5.69 Å². The van der Waals surface area contributed by atoms with Gasteiger partial charge in [-0.2, -0.15) is 0 Å². The second-order valence-corrected chi connectivity index (χ2v) is 8.78. The van der Waals surface area contributed by atoms with E-state index in [9.17, 15) is 4.79 Å². The molecule has 3 rings (SSSR count). The van der Waals surface area contributed by atoms with Crippen LogP contribution in [0.3, 0.4) is 0 Å². The first kappa shape index (κ1) is 22.0. The van der Waals surface area contributed by atoms with Gasteiger partial charge >= 0.3 is 0 Å². The molecule has 2 aromatic rings. The molecule has 1 amide bonds. The molecule has 1 aliphatic rings. The predicted octanol–water partition coefficient (Wildman–Crippen LogP) is 4.82. The van der Waals surface area contributed by atoms with Crippen LogP contribution in [0.5, 0.6) is 0 Å². The summed E-state index contributed by atoms with van der Waals surface area (Å²) in [4.78, 5) is 15.2. The number of nitrogens with zero attached hydrogens (tertiary/aromatic N) is 1. The molecule has 0 radical (unpaired) electrons. The first-order chi connectivity index (χ1) is 14.4. The van der Waals surface area contributed by atoms with Crippen LogP contribution in [0.25, 0.3) is 0 Å². The SMILES string of the molecule is CCC1CC(Nc2ccc(C(=O)Nc3ccc#cc3N)cc2)CC(C)N1CC(C)C. The first-order valence-corrected chi connectivity index (χ1v) is 11.0. The molecular formula is C25H34N4O. The minimum atomic E-state index is -0.186. The molecule has 1 heterocycles. The maximum atomic E-state index is 12.5. The third kappa shape index (κ3) is 5.46. The van der Waals surface area contributed by atoms with E-state index in [-0.39, 0.29) is 5.91 Å². The summed E-state index contributed by atoms with van der Waals surface area (Å²) < 4.78 is 0. The number of nitrogen functional groups attached to an aromatic ring is 1. The zero-order chi connectivity index (χ0) is 21.7. The molecule has 0 saturated carbocycles. The van der Waals surface area contributed by atoms with Gasteiger partial charge in [-0.3, -0.25) is 9.69 Å². The average Bonchev–Trinajstić information content (AvgIpc) is 2.71. The van der Waals surface area contributed by atoms with Crippen molar-refractivity contribution in [3.05, 3.63) is 54.1 Å². The van der Waals surface area contributed by atoms with E-state index < -0.39 is 0 Å². The van der Waals surface area contributed by atoms with Crippen molar-refractivity contribution < 1.29 is 4.79 Å². The van der Waals surface area contributed by atoms with Crippen LogP contribution in [-0.2, 0) is 0 Å². The van der Waals surface area contributed by atoms with Gasteiger partial charge in [-0.1, -0.05) is 26.8 Å². The molecule has 2 aromatic carbocycles. The monoisotopic (exact) mass is 406 g/mol. The predicted molar refractivity (Wildman–Crippen MR) is 125 cm³/mol. The summed E-state index contributed by atoms with van der Waals surface area (Å²) in [6.45, 7) is 10.4. The Hall–Kier alpha value is -2.71. The number of hydrogen-bond acceptors (Lipinski definition) is 4. The van der Waals surface area contributed by atoms with E-state index in [1.165, 1.54) is 6.42 Å². The topological polar surface area (TPSA) is 70.4 Å². The normalized spacial score (nSPS) is 21.8. The van der Waals surface area contributed by atoms with E-state index in [4.69, 9.17) is 5.73 Å². The number of likely N-dealkylation sites (tertiary alicyclic amines) is 1. The quantitative estimate of drug-likeness (QED) is 0.616. The first-order valence-electron chi connectivity index (χ1n) is 11.0. The van der Waals surface area contributed by atoms with E-state index in [0.717, 1.165) is 25.1 Å². The highest BCUT2D eigenvalue weighted by Gasteiger charge is 2.32. The lowest BCUT2D eigenvalue weighted by Crippen LogP contribution is -2.52. The number of benzene rings is 1. The molecule has 160 valence electrons. The molecule has 3 atom stereocenters. The van der Waals surface area contributed by atoms with Crippen LogP contribution in [0.1, 0.15) is 57.3 Å². The van der Waals surface area contributed by atoms with Crippen molar-refractivity contribution >= 4 is 23.0 Å². The van der Waals surface area contributed by atoms with Gasteiger partial charge in [0.25, 0.3) is 5.91 Å². The Bertz CT molecular complexity index is 833. The third-order valence-corrected chi connectivity index (χ3v) is 5.86. The van der Waals surface area contributed by atoms with Gasteiger partial charge in [-0.05, 0) is 74.6 Å². The van der Waals surface area contributed by atoms with Crippen LogP contribution >= 0.6 is 0 Å². The summed E-state index contributed by atoms with van der Waals surface area (Å²) in [6.07, 6.45) is 3.45. The molecule has 1 fully saturated rings. The average molecular weight is 407 g/mol. The molecular weight excluding hydrogens is 372 g/mol. The van der Waals surface area contributed by atoms with Crippen molar-refractivity contribution in [2.75, 3.05) is 22.9 Å². The van der Waals surface area contributed by atoms with Crippen molar-refractivity contribution in [1.29, 1.82) is 0 Å². The zero-order valence-corrected chi connectivity index (χ0v) is 18.5. The maximum Gasteiger partial charge on any atom is 0.255 e. The van der Waals surface area contributed by atoms with Crippen LogP contribution in [0, 0.1) is 18.1 Å². The number of nitrogens with two attached hydrogens (primary N) is 1. The lowest BCUT2D eigenvalue weighted by molar-refractivity contribution is 0.0711. The summed E-state index contributed by atoms with van der Waals surface area (Å²) in [7, 11) is 0. The summed E-state index contributed by atoms with van der Waals surface area (Å²) in [5.41, 5.74) is 8.41. The standard InChI is InChI=1S/C25H34N4O/c1-5-22-15-21(14-18(4)29(22)16-17(2)3)27-20-12-10-19(11-13-20)25(30)28-24-9-7-6-8-23(24)26/h7,9-13,17-18,21-22,27H,5,14-16,26H2,1-4H3,(H,28,30). The number of carbonyl (C=O) groups excluding carboxylic acids is 1. The summed E-state index contributed by atoms with van der Waals surface area (Å²) in [5, 5.41) is 6.51. The lowest BCUT2D eigenvalue weighted by Gasteiger charge is -2.45. The molecule has 0 aromatic heterocycles. The number of anilines is 3. The Kier molecular flexibility index (Phi) is 7.23. The molecule has 1 saturated heterocycles. The maximum absolute atomic E-state index is 12.5. The highest BCUT2D eigenvalue weighted by atomic mass is 16.1. The number of amides is 1. The molecule has 0 bridgehead atoms. The van der Waals surface area contributed by atoms with Crippen LogP contribution in [0.2, 0.25) is 0 Å². The van der Waals surface area contributed by atoms with E-state index in [0.29, 0.717) is 41.0 Å².